The van der Waals surface area contributed by atoms with E-state index in [9.17, 15) is 9.59 Å². The maximum Gasteiger partial charge on any atom is 0.325 e. The first-order valence-electron chi connectivity index (χ1n) is 9.54. The van der Waals surface area contributed by atoms with Crippen LogP contribution in [-0.4, -0.2) is 59.7 Å². The van der Waals surface area contributed by atoms with Crippen LogP contribution in [0.5, 0.6) is 0 Å². The number of carbonyl (C=O) groups excluding carboxylic acids is 2. The van der Waals surface area contributed by atoms with Gasteiger partial charge in [-0.15, -0.1) is 0 Å². The summed E-state index contributed by atoms with van der Waals surface area (Å²) in [5, 5.41) is 7.22. The van der Waals surface area contributed by atoms with Gasteiger partial charge in [0, 0.05) is 24.2 Å². The van der Waals surface area contributed by atoms with Gasteiger partial charge in [0.1, 0.15) is 0 Å². The summed E-state index contributed by atoms with van der Waals surface area (Å²) in [4.78, 5) is 32.4. The molecule has 2 aromatic carbocycles. The van der Waals surface area contributed by atoms with Gasteiger partial charge in [0.2, 0.25) is 5.96 Å². The quantitative estimate of drug-likeness (QED) is 0.568. The number of likely N-dealkylation sites (N-methyl/N-ethyl adjacent to an activating group) is 1. The van der Waals surface area contributed by atoms with Crippen LogP contribution in [0.15, 0.2) is 64.7 Å². The van der Waals surface area contributed by atoms with Crippen molar-refractivity contribution in [3.63, 3.8) is 0 Å². The van der Waals surface area contributed by atoms with E-state index in [0.717, 1.165) is 11.1 Å². The fourth-order valence-corrected chi connectivity index (χ4v) is 3.68. The van der Waals surface area contributed by atoms with Crippen molar-refractivity contribution in [2.45, 2.75) is 18.6 Å². The lowest BCUT2D eigenvalue weighted by atomic mass is 10.1. The third kappa shape index (κ3) is 3.99. The molecule has 154 valence electrons. The van der Waals surface area contributed by atoms with E-state index in [1.165, 1.54) is 4.90 Å². The van der Waals surface area contributed by atoms with Crippen LogP contribution in [0.1, 0.15) is 11.1 Å². The van der Waals surface area contributed by atoms with E-state index in [1.807, 2.05) is 53.4 Å². The summed E-state index contributed by atoms with van der Waals surface area (Å²) in [6.45, 7) is 0.536. The van der Waals surface area contributed by atoms with E-state index in [1.54, 1.807) is 19.3 Å². The molecule has 2 aromatic rings. The Labute approximate surface area is 179 Å². The highest BCUT2D eigenvalue weighted by atomic mass is 35.5. The fourth-order valence-electron chi connectivity index (χ4n) is 3.50. The lowest BCUT2D eigenvalue weighted by Crippen LogP contribution is -2.64. The maximum atomic E-state index is 12.6. The van der Waals surface area contributed by atoms with Gasteiger partial charge in [0.25, 0.3) is 5.91 Å². The van der Waals surface area contributed by atoms with E-state index in [-0.39, 0.29) is 5.91 Å². The van der Waals surface area contributed by atoms with E-state index in [2.05, 4.69) is 20.8 Å². The molecule has 0 spiro atoms. The number of rotatable bonds is 5. The molecular weight excluding hydrogens is 404 g/mol. The molecule has 4 rings (SSSR count). The number of hydrogen-bond donors (Lipinski definition) is 2. The number of benzene rings is 2. The SMILES string of the molecule is CN1C(=O)NC(=O)C2C1N=C(N/N=C/c1ccccc1Cl)N2CCc1ccccc1. The minimum Gasteiger partial charge on any atom is -0.325 e. The van der Waals surface area contributed by atoms with Gasteiger partial charge in [-0.3, -0.25) is 10.1 Å². The van der Waals surface area contributed by atoms with Crippen LogP contribution in [0.4, 0.5) is 4.79 Å². The van der Waals surface area contributed by atoms with Gasteiger partial charge < -0.3 is 9.80 Å². The summed E-state index contributed by atoms with van der Waals surface area (Å²) in [5.41, 5.74) is 4.82. The second kappa shape index (κ2) is 8.54. The Morgan fingerprint density at radius 1 is 1.17 bits per heavy atom. The number of amides is 3. The number of fused-ring (bicyclic) bond motifs is 1. The molecule has 30 heavy (non-hydrogen) atoms. The van der Waals surface area contributed by atoms with Crippen molar-refractivity contribution in [3.05, 3.63) is 70.7 Å². The molecule has 8 nitrogen and oxygen atoms in total. The standard InChI is InChI=1S/C21H21ClN6O2/c1-27-18-17(19(29)25-21(27)30)28(12-11-14-7-3-2-4-8-14)20(24-18)26-23-13-15-9-5-6-10-16(15)22/h2-10,13,17-18H,11-12H2,1H3,(H,24,26)(H,25,29,30)/b23-13+. The molecule has 2 aliphatic rings. The zero-order valence-electron chi connectivity index (χ0n) is 16.3. The van der Waals surface area contributed by atoms with Gasteiger partial charge >= 0.3 is 6.03 Å². The van der Waals surface area contributed by atoms with Crippen molar-refractivity contribution in [2.75, 3.05) is 13.6 Å². The maximum absolute atomic E-state index is 12.6. The van der Waals surface area contributed by atoms with Crippen LogP contribution in [0.25, 0.3) is 0 Å². The normalized spacial score (nSPS) is 20.9. The number of hydrogen-bond acceptors (Lipinski definition) is 6. The highest BCUT2D eigenvalue weighted by Crippen LogP contribution is 2.23. The summed E-state index contributed by atoms with van der Waals surface area (Å²) in [6, 6.07) is 16.2. The van der Waals surface area contributed by atoms with Crippen LogP contribution in [0, 0.1) is 0 Å². The number of carbonyl (C=O) groups is 2. The van der Waals surface area contributed by atoms with Crippen molar-refractivity contribution >= 4 is 35.7 Å². The van der Waals surface area contributed by atoms with Gasteiger partial charge in [-0.25, -0.2) is 15.2 Å². The number of hydrazone groups is 1. The van der Waals surface area contributed by atoms with Gasteiger partial charge in [-0.2, -0.15) is 5.10 Å². The molecule has 1 fully saturated rings. The largest absolute Gasteiger partial charge is 0.325 e. The average molecular weight is 425 g/mol. The molecule has 2 N–H and O–H groups in total. The number of imide groups is 1. The topological polar surface area (TPSA) is 89.4 Å². The van der Waals surface area contributed by atoms with E-state index >= 15 is 0 Å². The molecule has 2 atom stereocenters. The van der Waals surface area contributed by atoms with Crippen molar-refractivity contribution in [1.29, 1.82) is 0 Å². The first-order chi connectivity index (χ1) is 14.5. The number of nitrogens with zero attached hydrogens (tertiary/aromatic N) is 4. The van der Waals surface area contributed by atoms with Crippen LogP contribution in [0.3, 0.4) is 0 Å². The van der Waals surface area contributed by atoms with Crippen molar-refractivity contribution in [3.8, 4) is 0 Å². The first kappa shape index (κ1) is 19.9. The fraction of sp³-hybridized carbons (Fsp3) is 0.238. The first-order valence-corrected chi connectivity index (χ1v) is 9.92. The molecule has 0 radical (unpaired) electrons. The molecule has 1 saturated heterocycles. The predicted molar refractivity (Wildman–Crippen MR) is 115 cm³/mol. The molecule has 0 aliphatic carbocycles. The minimum atomic E-state index is -0.616. The summed E-state index contributed by atoms with van der Waals surface area (Å²) < 4.78 is 0. The number of halogens is 1. The number of urea groups is 1. The van der Waals surface area contributed by atoms with Gasteiger partial charge in [-0.05, 0) is 18.1 Å². The van der Waals surface area contributed by atoms with E-state index in [4.69, 9.17) is 11.6 Å². The van der Waals surface area contributed by atoms with Crippen LogP contribution in [-0.2, 0) is 11.2 Å². The molecule has 0 saturated carbocycles. The zero-order chi connectivity index (χ0) is 21.1. The zero-order valence-corrected chi connectivity index (χ0v) is 17.1. The average Bonchev–Trinajstić information content (AvgIpc) is 3.12. The lowest BCUT2D eigenvalue weighted by Gasteiger charge is -2.36. The van der Waals surface area contributed by atoms with Gasteiger partial charge in [0.05, 0.1) is 6.21 Å². The Morgan fingerprint density at radius 2 is 1.90 bits per heavy atom. The van der Waals surface area contributed by atoms with Crippen molar-refractivity contribution in [1.82, 2.24) is 20.5 Å². The highest BCUT2D eigenvalue weighted by molar-refractivity contribution is 6.33. The number of aliphatic imine (C=N–C) groups is 1. The molecule has 0 bridgehead atoms. The molecular formula is C21H21ClN6O2. The predicted octanol–water partition coefficient (Wildman–Crippen LogP) is 2.05. The Hall–Kier alpha value is -3.39. The number of guanidine groups is 1. The van der Waals surface area contributed by atoms with E-state index < -0.39 is 18.2 Å². The number of nitrogens with one attached hydrogen (secondary N) is 2. The summed E-state index contributed by atoms with van der Waals surface area (Å²) >= 11 is 6.16. The molecule has 2 unspecified atom stereocenters. The molecule has 2 aliphatic heterocycles. The van der Waals surface area contributed by atoms with Crippen molar-refractivity contribution < 1.29 is 9.59 Å². The molecule has 3 amide bonds. The van der Waals surface area contributed by atoms with Crippen LogP contribution >= 0.6 is 11.6 Å². The summed E-state index contributed by atoms with van der Waals surface area (Å²) in [7, 11) is 1.62. The molecule has 9 heteroatoms. The summed E-state index contributed by atoms with van der Waals surface area (Å²) in [5.74, 6) is 0.0627. The molecule has 2 heterocycles. The Morgan fingerprint density at radius 3 is 2.67 bits per heavy atom. The summed E-state index contributed by atoms with van der Waals surface area (Å²) in [6.07, 6.45) is 1.70. The van der Waals surface area contributed by atoms with Crippen molar-refractivity contribution in [2.24, 2.45) is 10.1 Å². The lowest BCUT2D eigenvalue weighted by molar-refractivity contribution is -0.127. The Kier molecular flexibility index (Phi) is 5.67. The van der Waals surface area contributed by atoms with Gasteiger partial charge in [0.15, 0.2) is 12.2 Å². The monoisotopic (exact) mass is 424 g/mol. The van der Waals surface area contributed by atoms with Gasteiger partial charge in [-0.1, -0.05) is 60.1 Å². The highest BCUT2D eigenvalue weighted by Gasteiger charge is 2.48. The van der Waals surface area contributed by atoms with Crippen LogP contribution in [0.2, 0.25) is 5.02 Å². The third-order valence-electron chi connectivity index (χ3n) is 5.12. The Balaban J connectivity index is 1.55. The second-order valence-corrected chi connectivity index (χ2v) is 7.44. The minimum absolute atomic E-state index is 0.369. The smallest absolute Gasteiger partial charge is 0.325 e. The Bertz CT molecular complexity index is 1010. The van der Waals surface area contributed by atoms with Crippen LogP contribution < -0.4 is 10.7 Å². The van der Waals surface area contributed by atoms with E-state index in [0.29, 0.717) is 23.9 Å². The third-order valence-corrected chi connectivity index (χ3v) is 5.46. The molecule has 0 aromatic heterocycles. The second-order valence-electron chi connectivity index (χ2n) is 7.04.